The molecule has 1 aromatic rings. The van der Waals surface area contributed by atoms with Crippen LogP contribution in [0.2, 0.25) is 0 Å². The second-order valence-electron chi connectivity index (χ2n) is 4.46. The van der Waals surface area contributed by atoms with Crippen LogP contribution in [0.15, 0.2) is 35.7 Å². The lowest BCUT2D eigenvalue weighted by molar-refractivity contribution is -0.142. The number of sulfonamides is 1. The van der Waals surface area contributed by atoms with Gasteiger partial charge in [0.05, 0.1) is 25.2 Å². The predicted octanol–water partition coefficient (Wildman–Crippen LogP) is 0.676. The number of ether oxygens (including phenoxy) is 1. The molecule has 0 amide bonds. The molecule has 0 spiro atoms. The van der Waals surface area contributed by atoms with Gasteiger partial charge in [-0.2, -0.15) is 0 Å². The Morgan fingerprint density at radius 1 is 1.30 bits per heavy atom. The molecular weight excluding hydrogens is 282 g/mol. The van der Waals surface area contributed by atoms with Crippen molar-refractivity contribution in [2.24, 2.45) is 5.92 Å². The van der Waals surface area contributed by atoms with E-state index in [1.54, 1.807) is 24.3 Å². The number of rotatable bonds is 5. The average molecular weight is 297 g/mol. The van der Waals surface area contributed by atoms with E-state index in [-0.39, 0.29) is 13.2 Å². The first-order valence-corrected chi connectivity index (χ1v) is 7.58. The van der Waals surface area contributed by atoms with E-state index in [9.17, 15) is 13.2 Å². The van der Waals surface area contributed by atoms with Crippen molar-refractivity contribution in [3.8, 4) is 0 Å². The van der Waals surface area contributed by atoms with Crippen molar-refractivity contribution < 1.29 is 23.1 Å². The molecule has 1 aliphatic rings. The SMILES string of the molecule is O=C(O)C1COCC1NS(=O)(=O)C=Cc1ccccc1. The molecule has 2 rings (SSSR count). The third-order valence-corrected chi connectivity index (χ3v) is 4.08. The highest BCUT2D eigenvalue weighted by Gasteiger charge is 2.36. The quantitative estimate of drug-likeness (QED) is 0.833. The highest BCUT2D eigenvalue weighted by atomic mass is 32.2. The minimum absolute atomic E-state index is 0.0188. The lowest BCUT2D eigenvalue weighted by atomic mass is 10.1. The third kappa shape index (κ3) is 3.89. The van der Waals surface area contributed by atoms with Gasteiger partial charge in [-0.15, -0.1) is 0 Å². The maximum atomic E-state index is 11.9. The van der Waals surface area contributed by atoms with E-state index in [0.717, 1.165) is 11.0 Å². The van der Waals surface area contributed by atoms with Crippen molar-refractivity contribution in [2.75, 3.05) is 13.2 Å². The standard InChI is InChI=1S/C13H15NO5S/c15-13(16)11-8-19-9-12(11)14-20(17,18)7-6-10-4-2-1-3-5-10/h1-7,11-12,14H,8-9H2,(H,15,16). The Hall–Kier alpha value is -1.70. The minimum atomic E-state index is -3.70. The van der Waals surface area contributed by atoms with E-state index in [4.69, 9.17) is 9.84 Å². The lowest BCUT2D eigenvalue weighted by Crippen LogP contribution is -2.41. The topological polar surface area (TPSA) is 92.7 Å². The van der Waals surface area contributed by atoms with E-state index in [1.807, 2.05) is 6.07 Å². The molecule has 0 aromatic heterocycles. The summed E-state index contributed by atoms with van der Waals surface area (Å²) in [6.07, 6.45) is 1.45. The molecule has 1 aliphatic heterocycles. The van der Waals surface area contributed by atoms with Crippen LogP contribution in [0.3, 0.4) is 0 Å². The Balaban J connectivity index is 2.04. The highest BCUT2D eigenvalue weighted by molar-refractivity contribution is 7.92. The zero-order chi connectivity index (χ0) is 14.6. The number of hydrogen-bond acceptors (Lipinski definition) is 4. The van der Waals surface area contributed by atoms with Crippen molar-refractivity contribution in [2.45, 2.75) is 6.04 Å². The summed E-state index contributed by atoms with van der Waals surface area (Å²) < 4.78 is 31.1. The Kier molecular flexibility index (Phi) is 4.53. The van der Waals surface area contributed by atoms with E-state index >= 15 is 0 Å². The third-order valence-electron chi connectivity index (χ3n) is 2.95. The smallest absolute Gasteiger partial charge is 0.310 e. The summed E-state index contributed by atoms with van der Waals surface area (Å²) in [6.45, 7) is 0.0836. The molecule has 2 unspecified atom stereocenters. The average Bonchev–Trinajstić information content (AvgIpc) is 2.85. The van der Waals surface area contributed by atoms with Crippen molar-refractivity contribution in [3.05, 3.63) is 41.3 Å². The molecule has 1 fully saturated rings. The number of carbonyl (C=O) groups is 1. The van der Waals surface area contributed by atoms with Gasteiger partial charge in [-0.05, 0) is 11.6 Å². The zero-order valence-electron chi connectivity index (χ0n) is 10.6. The summed E-state index contributed by atoms with van der Waals surface area (Å²) in [5, 5.41) is 9.98. The first-order valence-electron chi connectivity index (χ1n) is 6.04. The molecule has 0 saturated carbocycles. The number of aliphatic carboxylic acids is 1. The van der Waals surface area contributed by atoms with E-state index < -0.39 is 28.0 Å². The fourth-order valence-electron chi connectivity index (χ4n) is 1.90. The van der Waals surface area contributed by atoms with Crippen LogP contribution in [0, 0.1) is 5.92 Å². The van der Waals surface area contributed by atoms with Gasteiger partial charge >= 0.3 is 5.97 Å². The van der Waals surface area contributed by atoms with Gasteiger partial charge in [0, 0.05) is 5.41 Å². The molecule has 2 atom stereocenters. The number of carboxylic acids is 1. The first kappa shape index (κ1) is 14.7. The van der Waals surface area contributed by atoms with E-state index in [2.05, 4.69) is 4.72 Å². The number of hydrogen-bond donors (Lipinski definition) is 2. The molecule has 6 nitrogen and oxygen atoms in total. The Labute approximate surface area is 117 Å². The second kappa shape index (κ2) is 6.17. The molecule has 1 aromatic carbocycles. The molecule has 0 bridgehead atoms. The van der Waals surface area contributed by atoms with Crippen molar-refractivity contribution in [1.82, 2.24) is 4.72 Å². The molecule has 108 valence electrons. The van der Waals surface area contributed by atoms with Gasteiger partial charge in [0.15, 0.2) is 0 Å². The molecule has 1 saturated heterocycles. The molecule has 1 heterocycles. The van der Waals surface area contributed by atoms with Crippen molar-refractivity contribution in [3.63, 3.8) is 0 Å². The van der Waals surface area contributed by atoms with Crippen molar-refractivity contribution >= 4 is 22.1 Å². The van der Waals surface area contributed by atoms with Gasteiger partial charge < -0.3 is 9.84 Å². The fourth-order valence-corrected chi connectivity index (χ4v) is 2.97. The number of benzene rings is 1. The number of carboxylic acid groups (broad SMARTS) is 1. The summed E-state index contributed by atoms with van der Waals surface area (Å²) in [5.41, 5.74) is 0.746. The zero-order valence-corrected chi connectivity index (χ0v) is 11.4. The lowest BCUT2D eigenvalue weighted by Gasteiger charge is -2.13. The van der Waals surface area contributed by atoms with Crippen LogP contribution in [0.25, 0.3) is 6.08 Å². The normalized spacial score (nSPS) is 23.2. The Bertz CT molecular complexity index is 596. The van der Waals surface area contributed by atoms with Gasteiger partial charge in [0.25, 0.3) is 0 Å². The van der Waals surface area contributed by atoms with Gasteiger partial charge in [-0.25, -0.2) is 13.1 Å². The van der Waals surface area contributed by atoms with Crippen LogP contribution in [0.5, 0.6) is 0 Å². The minimum Gasteiger partial charge on any atom is -0.481 e. The Morgan fingerprint density at radius 2 is 2.00 bits per heavy atom. The van der Waals surface area contributed by atoms with Gasteiger partial charge in [-0.1, -0.05) is 30.3 Å². The molecule has 0 aliphatic carbocycles. The summed E-state index contributed by atoms with van der Waals surface area (Å²) in [7, 11) is -3.70. The maximum Gasteiger partial charge on any atom is 0.310 e. The van der Waals surface area contributed by atoms with Gasteiger partial charge in [0.2, 0.25) is 10.0 Å². The number of nitrogens with one attached hydrogen (secondary N) is 1. The van der Waals surface area contributed by atoms with Gasteiger partial charge in [-0.3, -0.25) is 4.79 Å². The fraction of sp³-hybridized carbons (Fsp3) is 0.308. The largest absolute Gasteiger partial charge is 0.481 e. The summed E-state index contributed by atoms with van der Waals surface area (Å²) in [5.74, 6) is -1.92. The predicted molar refractivity (Wildman–Crippen MR) is 73.3 cm³/mol. The Morgan fingerprint density at radius 3 is 2.65 bits per heavy atom. The van der Waals surface area contributed by atoms with Crippen LogP contribution in [0.1, 0.15) is 5.56 Å². The molecule has 0 radical (unpaired) electrons. The monoisotopic (exact) mass is 297 g/mol. The van der Waals surface area contributed by atoms with Crippen LogP contribution in [0.4, 0.5) is 0 Å². The summed E-state index contributed by atoms with van der Waals surface area (Å²) in [6, 6.07) is 8.22. The van der Waals surface area contributed by atoms with E-state index in [0.29, 0.717) is 0 Å². The van der Waals surface area contributed by atoms with Crippen LogP contribution in [-0.2, 0) is 19.6 Å². The molecule has 20 heavy (non-hydrogen) atoms. The first-order chi connectivity index (χ1) is 9.48. The molecule has 7 heteroatoms. The maximum absolute atomic E-state index is 11.9. The van der Waals surface area contributed by atoms with Crippen LogP contribution < -0.4 is 4.72 Å². The summed E-state index contributed by atoms with van der Waals surface area (Å²) >= 11 is 0. The molecular formula is C13H15NO5S. The van der Waals surface area contributed by atoms with Crippen molar-refractivity contribution in [1.29, 1.82) is 0 Å². The van der Waals surface area contributed by atoms with Crippen LogP contribution in [-0.4, -0.2) is 38.7 Å². The highest BCUT2D eigenvalue weighted by Crippen LogP contribution is 2.15. The summed E-state index contributed by atoms with van der Waals surface area (Å²) in [4.78, 5) is 10.9. The van der Waals surface area contributed by atoms with E-state index in [1.165, 1.54) is 6.08 Å². The van der Waals surface area contributed by atoms with Gasteiger partial charge in [0.1, 0.15) is 0 Å². The molecule has 2 N–H and O–H groups in total. The second-order valence-corrected chi connectivity index (χ2v) is 6.06. The van der Waals surface area contributed by atoms with Crippen LogP contribution >= 0.6 is 0 Å².